The normalized spacial score (nSPS) is 16.4. The summed E-state index contributed by atoms with van der Waals surface area (Å²) in [6, 6.07) is 17.5. The first-order valence-corrected chi connectivity index (χ1v) is 8.41. The standard InChI is InChI=1S/C21H20O4/c22-19(16-10-4-1-5-11-16)24-21(18-14-8-3-9-15-18)25-20(23)17-12-6-2-7-13-17/h1-8,10-13,18,21H,9,14-15H2. The van der Waals surface area contributed by atoms with Gasteiger partial charge in [-0.1, -0.05) is 48.6 Å². The van der Waals surface area contributed by atoms with E-state index in [0.29, 0.717) is 11.1 Å². The predicted molar refractivity (Wildman–Crippen MR) is 94.0 cm³/mol. The molecule has 1 aliphatic carbocycles. The molecule has 0 fully saturated rings. The van der Waals surface area contributed by atoms with Crippen LogP contribution in [-0.4, -0.2) is 18.2 Å². The van der Waals surface area contributed by atoms with Crippen molar-refractivity contribution in [2.45, 2.75) is 25.6 Å². The molecule has 4 nitrogen and oxygen atoms in total. The second kappa shape index (κ2) is 8.29. The van der Waals surface area contributed by atoms with Crippen LogP contribution in [0, 0.1) is 5.92 Å². The Morgan fingerprint density at radius 3 is 1.76 bits per heavy atom. The molecule has 25 heavy (non-hydrogen) atoms. The van der Waals surface area contributed by atoms with Crippen molar-refractivity contribution in [3.63, 3.8) is 0 Å². The molecule has 0 saturated heterocycles. The van der Waals surface area contributed by atoms with Gasteiger partial charge in [-0.25, -0.2) is 9.59 Å². The SMILES string of the molecule is O=C(OC(OC(=O)c1ccccc1)C1CC=CCC1)c1ccccc1. The maximum Gasteiger partial charge on any atom is 0.341 e. The van der Waals surface area contributed by atoms with Crippen LogP contribution >= 0.6 is 0 Å². The van der Waals surface area contributed by atoms with Crippen LogP contribution in [-0.2, 0) is 9.47 Å². The molecule has 1 atom stereocenters. The minimum absolute atomic E-state index is 0.0367. The zero-order chi connectivity index (χ0) is 17.5. The molecule has 3 rings (SSSR count). The van der Waals surface area contributed by atoms with E-state index >= 15 is 0 Å². The zero-order valence-electron chi connectivity index (χ0n) is 13.8. The minimum atomic E-state index is -0.898. The Kier molecular flexibility index (Phi) is 5.62. The number of benzene rings is 2. The summed E-state index contributed by atoms with van der Waals surface area (Å²) < 4.78 is 11.1. The summed E-state index contributed by atoms with van der Waals surface area (Å²) in [5, 5.41) is 0. The number of ether oxygens (including phenoxy) is 2. The van der Waals surface area contributed by atoms with Gasteiger partial charge in [0.05, 0.1) is 11.1 Å². The van der Waals surface area contributed by atoms with Crippen LogP contribution in [0.15, 0.2) is 72.8 Å². The van der Waals surface area contributed by atoms with Crippen molar-refractivity contribution in [2.24, 2.45) is 5.92 Å². The minimum Gasteiger partial charge on any atom is -0.421 e. The van der Waals surface area contributed by atoms with Crippen LogP contribution in [0.3, 0.4) is 0 Å². The molecule has 0 saturated carbocycles. The van der Waals surface area contributed by atoms with Gasteiger partial charge in [-0.2, -0.15) is 0 Å². The lowest BCUT2D eigenvalue weighted by Gasteiger charge is -2.27. The fourth-order valence-corrected chi connectivity index (χ4v) is 2.78. The molecule has 0 spiro atoms. The van der Waals surface area contributed by atoms with Crippen molar-refractivity contribution < 1.29 is 19.1 Å². The fourth-order valence-electron chi connectivity index (χ4n) is 2.78. The van der Waals surface area contributed by atoms with Crippen molar-refractivity contribution in [2.75, 3.05) is 0 Å². The van der Waals surface area contributed by atoms with Gasteiger partial charge in [-0.15, -0.1) is 0 Å². The highest BCUT2D eigenvalue weighted by Crippen LogP contribution is 2.26. The molecule has 0 aliphatic heterocycles. The molecule has 2 aromatic carbocycles. The van der Waals surface area contributed by atoms with E-state index in [0.717, 1.165) is 19.3 Å². The third-order valence-corrected chi connectivity index (χ3v) is 4.16. The topological polar surface area (TPSA) is 52.6 Å². The smallest absolute Gasteiger partial charge is 0.341 e. The Morgan fingerprint density at radius 2 is 1.32 bits per heavy atom. The molecular formula is C21H20O4. The van der Waals surface area contributed by atoms with Gasteiger partial charge in [0, 0.05) is 5.92 Å². The molecule has 1 unspecified atom stereocenters. The number of carbonyl (C=O) groups excluding carboxylic acids is 2. The van der Waals surface area contributed by atoms with Gasteiger partial charge < -0.3 is 9.47 Å². The highest BCUT2D eigenvalue weighted by molar-refractivity contribution is 5.91. The number of hydrogen-bond donors (Lipinski definition) is 0. The van der Waals surface area contributed by atoms with E-state index < -0.39 is 18.2 Å². The molecule has 4 heteroatoms. The number of allylic oxidation sites excluding steroid dienone is 2. The number of esters is 2. The van der Waals surface area contributed by atoms with Gasteiger partial charge in [0.25, 0.3) is 6.29 Å². The Bertz CT molecular complexity index is 684. The van der Waals surface area contributed by atoms with Crippen LogP contribution in [0.4, 0.5) is 0 Å². The molecule has 0 heterocycles. The van der Waals surface area contributed by atoms with Crippen LogP contribution < -0.4 is 0 Å². The first kappa shape index (κ1) is 17.0. The first-order valence-electron chi connectivity index (χ1n) is 8.41. The summed E-state index contributed by atoms with van der Waals surface area (Å²) >= 11 is 0. The van der Waals surface area contributed by atoms with Crippen molar-refractivity contribution >= 4 is 11.9 Å². The second-order valence-electron chi connectivity index (χ2n) is 5.96. The maximum atomic E-state index is 12.4. The molecule has 2 aromatic rings. The van der Waals surface area contributed by atoms with Gasteiger partial charge in [0.2, 0.25) is 0 Å². The van der Waals surface area contributed by atoms with E-state index in [-0.39, 0.29) is 5.92 Å². The van der Waals surface area contributed by atoms with Crippen molar-refractivity contribution in [1.29, 1.82) is 0 Å². The Hall–Kier alpha value is -2.88. The number of hydrogen-bond acceptors (Lipinski definition) is 4. The van der Waals surface area contributed by atoms with Crippen LogP contribution in [0.2, 0.25) is 0 Å². The van der Waals surface area contributed by atoms with Gasteiger partial charge in [0.15, 0.2) is 0 Å². The van der Waals surface area contributed by atoms with Crippen molar-refractivity contribution in [1.82, 2.24) is 0 Å². The lowest BCUT2D eigenvalue weighted by molar-refractivity contribution is -0.110. The van der Waals surface area contributed by atoms with Gasteiger partial charge in [-0.05, 0) is 43.5 Å². The third kappa shape index (κ3) is 4.57. The van der Waals surface area contributed by atoms with Gasteiger partial charge in [0.1, 0.15) is 0 Å². The van der Waals surface area contributed by atoms with Crippen LogP contribution in [0.5, 0.6) is 0 Å². The van der Waals surface area contributed by atoms with Gasteiger partial charge >= 0.3 is 11.9 Å². The van der Waals surface area contributed by atoms with E-state index in [1.807, 2.05) is 18.2 Å². The summed E-state index contributed by atoms with van der Waals surface area (Å²) in [7, 11) is 0. The lowest BCUT2D eigenvalue weighted by atomic mass is 9.94. The third-order valence-electron chi connectivity index (χ3n) is 4.16. The van der Waals surface area contributed by atoms with E-state index in [4.69, 9.17) is 9.47 Å². The molecular weight excluding hydrogens is 316 g/mol. The van der Waals surface area contributed by atoms with E-state index in [2.05, 4.69) is 6.08 Å². The molecule has 1 aliphatic rings. The van der Waals surface area contributed by atoms with Crippen molar-refractivity contribution in [3.05, 3.63) is 83.9 Å². The first-order chi connectivity index (χ1) is 12.2. The molecule has 0 N–H and O–H groups in total. The Balaban J connectivity index is 1.74. The molecule has 128 valence electrons. The van der Waals surface area contributed by atoms with Crippen LogP contribution in [0.25, 0.3) is 0 Å². The van der Waals surface area contributed by atoms with Gasteiger partial charge in [-0.3, -0.25) is 0 Å². The number of carbonyl (C=O) groups is 2. The summed E-state index contributed by atoms with van der Waals surface area (Å²) in [4.78, 5) is 24.8. The fraction of sp³-hybridized carbons (Fsp3) is 0.238. The zero-order valence-corrected chi connectivity index (χ0v) is 13.8. The average molecular weight is 336 g/mol. The summed E-state index contributed by atoms with van der Waals surface area (Å²) in [6.45, 7) is 0. The monoisotopic (exact) mass is 336 g/mol. The van der Waals surface area contributed by atoms with E-state index in [1.165, 1.54) is 0 Å². The highest BCUT2D eigenvalue weighted by atomic mass is 16.7. The average Bonchev–Trinajstić information content (AvgIpc) is 2.69. The highest BCUT2D eigenvalue weighted by Gasteiger charge is 2.29. The molecule has 0 amide bonds. The summed E-state index contributed by atoms with van der Waals surface area (Å²) in [5.41, 5.74) is 0.879. The largest absolute Gasteiger partial charge is 0.421 e. The second-order valence-corrected chi connectivity index (χ2v) is 5.96. The maximum absolute atomic E-state index is 12.4. The molecule has 0 aromatic heterocycles. The predicted octanol–water partition coefficient (Wildman–Crippen LogP) is 4.38. The summed E-state index contributed by atoms with van der Waals surface area (Å²) in [6.07, 6.45) is 5.64. The molecule has 0 radical (unpaired) electrons. The van der Waals surface area contributed by atoms with E-state index in [9.17, 15) is 9.59 Å². The van der Waals surface area contributed by atoms with Crippen molar-refractivity contribution in [3.8, 4) is 0 Å². The Labute approximate surface area is 147 Å². The van der Waals surface area contributed by atoms with Crippen LogP contribution in [0.1, 0.15) is 40.0 Å². The lowest BCUT2D eigenvalue weighted by Crippen LogP contribution is -2.32. The van der Waals surface area contributed by atoms with E-state index in [1.54, 1.807) is 48.5 Å². The quantitative estimate of drug-likeness (QED) is 0.462. The summed E-state index contributed by atoms with van der Waals surface area (Å²) in [5.74, 6) is -1.01. The number of rotatable bonds is 5. The Morgan fingerprint density at radius 1 is 0.800 bits per heavy atom. The molecule has 0 bridgehead atoms.